The fourth-order valence-electron chi connectivity index (χ4n) is 4.70. The average Bonchev–Trinajstić information content (AvgIpc) is 3.29. The molecule has 0 radical (unpaired) electrons. The fourth-order valence-corrected chi connectivity index (χ4v) is 6.26. The lowest BCUT2D eigenvalue weighted by Crippen LogP contribution is -2.39. The Morgan fingerprint density at radius 3 is 2.71 bits per heavy atom. The van der Waals surface area contributed by atoms with Crippen molar-refractivity contribution in [3.05, 3.63) is 124 Å². The summed E-state index contributed by atoms with van der Waals surface area (Å²) in [6.07, 6.45) is 1.79. The Hall–Kier alpha value is -4.46. The Bertz CT molecular complexity index is 1940. The van der Waals surface area contributed by atoms with Crippen molar-refractivity contribution >= 4 is 39.3 Å². The van der Waals surface area contributed by atoms with E-state index in [9.17, 15) is 14.9 Å². The maximum absolute atomic E-state index is 13.9. The van der Waals surface area contributed by atoms with E-state index in [4.69, 9.17) is 14.2 Å². The van der Waals surface area contributed by atoms with Crippen LogP contribution in [-0.4, -0.2) is 24.3 Å². The molecule has 0 amide bonds. The Morgan fingerprint density at radius 1 is 1.17 bits per heavy atom. The molecule has 1 aliphatic rings. The second-order valence-electron chi connectivity index (χ2n) is 9.33. The highest BCUT2D eigenvalue weighted by atomic mass is 79.9. The van der Waals surface area contributed by atoms with Gasteiger partial charge < -0.3 is 14.2 Å². The largest absolute Gasteiger partial charge is 0.497 e. The van der Waals surface area contributed by atoms with Gasteiger partial charge in [0.15, 0.2) is 4.80 Å². The zero-order valence-electron chi connectivity index (χ0n) is 23.1. The molecule has 5 rings (SSSR count). The summed E-state index contributed by atoms with van der Waals surface area (Å²) in [5.41, 5.74) is 3.38. The van der Waals surface area contributed by atoms with Crippen LogP contribution in [0.5, 0.6) is 11.5 Å². The molecule has 212 valence electrons. The van der Waals surface area contributed by atoms with Crippen molar-refractivity contribution in [1.82, 2.24) is 4.57 Å². The molecule has 0 N–H and O–H groups in total. The summed E-state index contributed by atoms with van der Waals surface area (Å²) in [7, 11) is 1.57. The van der Waals surface area contributed by atoms with Gasteiger partial charge in [-0.2, -0.15) is 5.26 Å². The van der Waals surface area contributed by atoms with Gasteiger partial charge in [0.2, 0.25) is 0 Å². The average molecular weight is 645 g/mol. The Kier molecular flexibility index (Phi) is 8.71. The third-order valence-electron chi connectivity index (χ3n) is 6.70. The molecule has 10 heteroatoms. The lowest BCUT2D eigenvalue weighted by Gasteiger charge is -2.25. The minimum Gasteiger partial charge on any atom is -0.497 e. The number of carbonyl (C=O) groups is 1. The molecule has 0 unspecified atom stereocenters. The highest BCUT2D eigenvalue weighted by Gasteiger charge is 2.33. The van der Waals surface area contributed by atoms with Crippen LogP contribution >= 0.6 is 27.3 Å². The number of aromatic nitrogens is 1. The quantitative estimate of drug-likeness (QED) is 0.250. The van der Waals surface area contributed by atoms with E-state index >= 15 is 0 Å². The van der Waals surface area contributed by atoms with Gasteiger partial charge in [-0.25, -0.2) is 9.79 Å². The van der Waals surface area contributed by atoms with Crippen molar-refractivity contribution < 1.29 is 19.0 Å². The molecule has 0 saturated carbocycles. The molecule has 1 aliphatic heterocycles. The number of hydrogen-bond donors (Lipinski definition) is 0. The fraction of sp³-hybridized carbons (Fsp3) is 0.188. The second kappa shape index (κ2) is 12.6. The monoisotopic (exact) mass is 643 g/mol. The summed E-state index contributed by atoms with van der Waals surface area (Å²) in [5.74, 6) is 0.697. The van der Waals surface area contributed by atoms with E-state index in [-0.39, 0.29) is 18.8 Å². The highest BCUT2D eigenvalue weighted by Crippen LogP contribution is 2.32. The van der Waals surface area contributed by atoms with E-state index in [1.165, 1.54) is 11.3 Å². The zero-order chi connectivity index (χ0) is 29.8. The number of rotatable bonds is 8. The molecule has 8 nitrogen and oxygen atoms in total. The number of thiazole rings is 1. The van der Waals surface area contributed by atoms with Gasteiger partial charge in [0.05, 0.1) is 51.7 Å². The summed E-state index contributed by atoms with van der Waals surface area (Å²) >= 11 is 4.82. The third kappa shape index (κ3) is 5.79. The number of esters is 1. The summed E-state index contributed by atoms with van der Waals surface area (Å²) in [4.78, 5) is 32.1. The molecule has 1 atom stereocenters. The predicted octanol–water partition coefficient (Wildman–Crippen LogP) is 5.02. The van der Waals surface area contributed by atoms with Gasteiger partial charge in [-0.05, 0) is 77.3 Å². The highest BCUT2D eigenvalue weighted by molar-refractivity contribution is 9.10. The van der Waals surface area contributed by atoms with Crippen LogP contribution in [-0.2, 0) is 16.1 Å². The van der Waals surface area contributed by atoms with Crippen molar-refractivity contribution in [2.24, 2.45) is 4.99 Å². The van der Waals surface area contributed by atoms with Crippen LogP contribution in [0.2, 0.25) is 0 Å². The van der Waals surface area contributed by atoms with Crippen LogP contribution in [0.1, 0.15) is 42.1 Å². The number of ether oxygens (including phenoxy) is 3. The SMILES string of the molecule is CCOC(=O)C1=C(C)N=c2s/c(=C/c3ccc(OCc4ccccc4C#N)c(Br)c3)c(=O)n2[C@H]1c1cccc(OC)c1. The lowest BCUT2D eigenvalue weighted by atomic mass is 9.95. The first kappa shape index (κ1) is 29.0. The van der Waals surface area contributed by atoms with E-state index in [1.807, 2.05) is 54.6 Å². The number of hydrogen-bond acceptors (Lipinski definition) is 8. The number of halogens is 1. The number of nitrogens with zero attached hydrogens (tertiary/aromatic N) is 3. The molecule has 42 heavy (non-hydrogen) atoms. The second-order valence-corrected chi connectivity index (χ2v) is 11.2. The number of fused-ring (bicyclic) bond motifs is 1. The van der Waals surface area contributed by atoms with Gasteiger partial charge >= 0.3 is 5.97 Å². The van der Waals surface area contributed by atoms with Crippen LogP contribution < -0.4 is 24.4 Å². The summed E-state index contributed by atoms with van der Waals surface area (Å²) in [6.45, 7) is 3.93. The van der Waals surface area contributed by atoms with Crippen molar-refractivity contribution in [2.75, 3.05) is 13.7 Å². The summed E-state index contributed by atoms with van der Waals surface area (Å²) in [5, 5.41) is 9.33. The molecular formula is C32H26BrN3O5S. The van der Waals surface area contributed by atoms with Crippen LogP contribution in [0.4, 0.5) is 0 Å². The molecule has 0 spiro atoms. The van der Waals surface area contributed by atoms with Gasteiger partial charge in [0, 0.05) is 5.56 Å². The van der Waals surface area contributed by atoms with Gasteiger partial charge in [-0.1, -0.05) is 47.7 Å². The molecule has 3 aromatic carbocycles. The van der Waals surface area contributed by atoms with Gasteiger partial charge in [0.1, 0.15) is 18.1 Å². The predicted molar refractivity (Wildman–Crippen MR) is 163 cm³/mol. The Morgan fingerprint density at radius 2 is 1.98 bits per heavy atom. The van der Waals surface area contributed by atoms with Crippen molar-refractivity contribution in [3.8, 4) is 17.6 Å². The maximum Gasteiger partial charge on any atom is 0.338 e. The summed E-state index contributed by atoms with van der Waals surface area (Å²) < 4.78 is 19.4. The molecule has 2 heterocycles. The number of allylic oxidation sites excluding steroid dienone is 1. The van der Waals surface area contributed by atoms with E-state index in [0.717, 1.165) is 11.1 Å². The van der Waals surface area contributed by atoms with Gasteiger partial charge in [0.25, 0.3) is 5.56 Å². The van der Waals surface area contributed by atoms with Crippen molar-refractivity contribution in [2.45, 2.75) is 26.5 Å². The number of carbonyl (C=O) groups excluding carboxylic acids is 1. The molecule has 0 saturated heterocycles. The van der Waals surface area contributed by atoms with Crippen LogP contribution in [0, 0.1) is 11.3 Å². The van der Waals surface area contributed by atoms with E-state index in [1.54, 1.807) is 43.7 Å². The van der Waals surface area contributed by atoms with E-state index < -0.39 is 12.0 Å². The van der Waals surface area contributed by atoms with E-state index in [2.05, 4.69) is 27.0 Å². The van der Waals surface area contributed by atoms with Gasteiger partial charge in [-0.3, -0.25) is 9.36 Å². The third-order valence-corrected chi connectivity index (χ3v) is 8.30. The Balaban J connectivity index is 1.53. The number of methoxy groups -OCH3 is 1. The normalized spacial score (nSPS) is 14.5. The molecule has 0 aliphatic carbocycles. The molecular weight excluding hydrogens is 618 g/mol. The molecule has 4 aromatic rings. The summed E-state index contributed by atoms with van der Waals surface area (Å²) in [6, 6.07) is 21.6. The zero-order valence-corrected chi connectivity index (χ0v) is 25.5. The minimum absolute atomic E-state index is 0.199. The standard InChI is InChI=1S/C32H26BrN3O5S/c1-4-40-31(38)28-19(2)35-32-36(29(28)21-10-7-11-24(16-21)39-3)30(37)27(42-32)15-20-12-13-26(25(33)14-20)41-18-23-9-6-5-8-22(23)17-34/h5-16,29H,4,18H2,1-3H3/b27-15+/t29-/m0/s1. The number of benzene rings is 3. The van der Waals surface area contributed by atoms with Crippen molar-refractivity contribution in [1.29, 1.82) is 5.26 Å². The maximum atomic E-state index is 13.9. The Labute approximate surface area is 254 Å². The number of nitriles is 1. The molecule has 0 fully saturated rings. The first-order valence-electron chi connectivity index (χ1n) is 13.1. The van der Waals surface area contributed by atoms with Crippen LogP contribution in [0.15, 0.2) is 92.3 Å². The minimum atomic E-state index is -0.726. The van der Waals surface area contributed by atoms with Gasteiger partial charge in [-0.15, -0.1) is 0 Å². The van der Waals surface area contributed by atoms with Crippen LogP contribution in [0.25, 0.3) is 6.08 Å². The first-order chi connectivity index (χ1) is 20.3. The first-order valence-corrected chi connectivity index (χ1v) is 14.7. The molecule has 1 aromatic heterocycles. The van der Waals surface area contributed by atoms with E-state index in [0.29, 0.717) is 47.7 Å². The lowest BCUT2D eigenvalue weighted by molar-refractivity contribution is -0.139. The van der Waals surface area contributed by atoms with Crippen LogP contribution in [0.3, 0.4) is 0 Å². The molecule has 0 bridgehead atoms. The van der Waals surface area contributed by atoms with Crippen molar-refractivity contribution in [3.63, 3.8) is 0 Å². The topological polar surface area (TPSA) is 103 Å². The smallest absolute Gasteiger partial charge is 0.338 e.